The molecule has 1 fully saturated rings. The second-order valence-corrected chi connectivity index (χ2v) is 11.3. The molecular weight excluding hydrogens is 466 g/mol. The van der Waals surface area contributed by atoms with Crippen LogP contribution in [0.5, 0.6) is 5.75 Å². The first-order valence-electron chi connectivity index (χ1n) is 11.8. The Morgan fingerprint density at radius 1 is 1.14 bits per heavy atom. The molecule has 0 bridgehead atoms. The highest BCUT2D eigenvalue weighted by Crippen LogP contribution is 2.25. The fourth-order valence-corrected chi connectivity index (χ4v) is 4.93. The van der Waals surface area contributed by atoms with Crippen LogP contribution in [-0.2, 0) is 16.4 Å². The quantitative estimate of drug-likeness (QED) is 0.379. The summed E-state index contributed by atoms with van der Waals surface area (Å²) in [5.41, 5.74) is 0.896. The number of rotatable bonds is 7. The smallest absolute Gasteiger partial charge is 0.240 e. The van der Waals surface area contributed by atoms with Gasteiger partial charge in [0, 0.05) is 36.8 Å². The SMILES string of the molecule is CC(C)c1noc(CN2CCC(Oc3ccc(-n4ccc5cc(S(C)(=O)=O)ccc54)nc3)CC2)n1. The van der Waals surface area contributed by atoms with Crippen molar-refractivity contribution in [2.24, 2.45) is 0 Å². The third kappa shape index (κ3) is 5.23. The summed E-state index contributed by atoms with van der Waals surface area (Å²) in [6, 6.07) is 10.9. The van der Waals surface area contributed by atoms with Crippen LogP contribution in [0, 0.1) is 0 Å². The second kappa shape index (κ2) is 9.43. The van der Waals surface area contributed by atoms with E-state index in [0.29, 0.717) is 17.3 Å². The van der Waals surface area contributed by atoms with E-state index in [1.54, 1.807) is 18.3 Å². The Kier molecular flexibility index (Phi) is 6.33. The van der Waals surface area contributed by atoms with E-state index in [1.807, 2.05) is 35.0 Å². The molecule has 35 heavy (non-hydrogen) atoms. The lowest BCUT2D eigenvalue weighted by molar-refractivity contribution is 0.0901. The van der Waals surface area contributed by atoms with Gasteiger partial charge in [-0.05, 0) is 49.2 Å². The minimum absolute atomic E-state index is 0.134. The normalized spacial score (nSPS) is 15.8. The van der Waals surface area contributed by atoms with Gasteiger partial charge in [-0.2, -0.15) is 4.98 Å². The van der Waals surface area contributed by atoms with Crippen LogP contribution in [0.4, 0.5) is 0 Å². The molecule has 0 radical (unpaired) electrons. The standard InChI is InChI=1S/C25H29N5O4S/c1-17(2)25-27-24(34-28-25)16-29-11-9-19(10-12-29)33-20-4-7-23(26-15-20)30-13-8-18-14-21(35(3,31)32)5-6-22(18)30/h4-8,13-15,17,19H,9-12,16H2,1-3H3. The summed E-state index contributed by atoms with van der Waals surface area (Å²) in [5.74, 6) is 3.16. The maximum atomic E-state index is 11.8. The van der Waals surface area contributed by atoms with Crippen LogP contribution in [-0.4, -0.2) is 58.5 Å². The highest BCUT2D eigenvalue weighted by molar-refractivity contribution is 7.90. The summed E-state index contributed by atoms with van der Waals surface area (Å²) in [6.45, 7) is 6.58. The van der Waals surface area contributed by atoms with Crippen molar-refractivity contribution in [2.45, 2.75) is 50.2 Å². The van der Waals surface area contributed by atoms with E-state index in [9.17, 15) is 8.42 Å². The van der Waals surface area contributed by atoms with Crippen LogP contribution in [0.25, 0.3) is 16.7 Å². The van der Waals surface area contributed by atoms with Crippen molar-refractivity contribution in [1.29, 1.82) is 0 Å². The summed E-state index contributed by atoms with van der Waals surface area (Å²) < 4.78 is 37.2. The molecule has 9 nitrogen and oxygen atoms in total. The van der Waals surface area contributed by atoms with E-state index in [2.05, 4.69) is 33.9 Å². The van der Waals surface area contributed by atoms with E-state index >= 15 is 0 Å². The first kappa shape index (κ1) is 23.5. The second-order valence-electron chi connectivity index (χ2n) is 9.33. The largest absolute Gasteiger partial charge is 0.489 e. The number of hydrogen-bond acceptors (Lipinski definition) is 8. The van der Waals surface area contributed by atoms with Gasteiger partial charge in [0.05, 0.1) is 23.2 Å². The number of benzene rings is 1. The summed E-state index contributed by atoms with van der Waals surface area (Å²) in [6.07, 6.45) is 6.81. The summed E-state index contributed by atoms with van der Waals surface area (Å²) in [7, 11) is -3.25. The number of hydrogen-bond donors (Lipinski definition) is 0. The first-order chi connectivity index (χ1) is 16.8. The Balaban J connectivity index is 1.19. The molecule has 4 heterocycles. The minimum Gasteiger partial charge on any atom is -0.489 e. The van der Waals surface area contributed by atoms with Crippen LogP contribution in [0.3, 0.4) is 0 Å². The first-order valence-corrected chi connectivity index (χ1v) is 13.6. The molecule has 184 valence electrons. The molecule has 0 unspecified atom stereocenters. The van der Waals surface area contributed by atoms with Gasteiger partial charge in [0.25, 0.3) is 0 Å². The lowest BCUT2D eigenvalue weighted by atomic mass is 10.1. The topological polar surface area (TPSA) is 103 Å². The lowest BCUT2D eigenvalue weighted by Gasteiger charge is -2.31. The van der Waals surface area contributed by atoms with Crippen LogP contribution < -0.4 is 4.74 Å². The van der Waals surface area contributed by atoms with Crippen molar-refractivity contribution in [2.75, 3.05) is 19.3 Å². The number of likely N-dealkylation sites (tertiary alicyclic amines) is 1. The fraction of sp³-hybridized carbons (Fsp3) is 0.400. The lowest BCUT2D eigenvalue weighted by Crippen LogP contribution is -2.37. The van der Waals surface area contributed by atoms with Crippen LogP contribution in [0.1, 0.15) is 44.3 Å². The van der Waals surface area contributed by atoms with E-state index in [-0.39, 0.29) is 12.0 Å². The maximum absolute atomic E-state index is 11.8. The summed E-state index contributed by atoms with van der Waals surface area (Å²) >= 11 is 0. The Morgan fingerprint density at radius 3 is 2.60 bits per heavy atom. The Morgan fingerprint density at radius 2 is 1.94 bits per heavy atom. The number of pyridine rings is 1. The van der Waals surface area contributed by atoms with E-state index < -0.39 is 9.84 Å². The van der Waals surface area contributed by atoms with Crippen molar-refractivity contribution in [3.63, 3.8) is 0 Å². The van der Waals surface area contributed by atoms with Crippen LogP contribution in [0.2, 0.25) is 0 Å². The maximum Gasteiger partial charge on any atom is 0.240 e. The summed E-state index contributed by atoms with van der Waals surface area (Å²) in [4.78, 5) is 11.7. The third-order valence-electron chi connectivity index (χ3n) is 6.25. The monoisotopic (exact) mass is 495 g/mol. The van der Waals surface area contributed by atoms with Gasteiger partial charge in [0.15, 0.2) is 15.7 Å². The number of sulfone groups is 1. The molecule has 3 aromatic heterocycles. The van der Waals surface area contributed by atoms with Gasteiger partial charge < -0.3 is 13.8 Å². The van der Waals surface area contributed by atoms with Gasteiger partial charge in [-0.3, -0.25) is 4.90 Å². The molecule has 1 saturated heterocycles. The van der Waals surface area contributed by atoms with Gasteiger partial charge in [0.1, 0.15) is 17.7 Å². The van der Waals surface area contributed by atoms with Crippen molar-refractivity contribution in [3.8, 4) is 11.6 Å². The molecule has 1 aliphatic heterocycles. The molecule has 1 aliphatic rings. The van der Waals surface area contributed by atoms with Gasteiger partial charge >= 0.3 is 0 Å². The zero-order valence-electron chi connectivity index (χ0n) is 20.1. The number of nitrogens with zero attached hydrogens (tertiary/aromatic N) is 5. The summed E-state index contributed by atoms with van der Waals surface area (Å²) in [5, 5.41) is 4.89. The zero-order valence-corrected chi connectivity index (χ0v) is 20.9. The molecule has 0 aliphatic carbocycles. The average Bonchev–Trinajstić information content (AvgIpc) is 3.47. The molecule has 0 atom stereocenters. The molecule has 0 N–H and O–H groups in total. The van der Waals surface area contributed by atoms with Gasteiger partial charge in [0.2, 0.25) is 5.89 Å². The molecule has 4 aromatic rings. The molecule has 0 spiro atoms. The molecule has 0 saturated carbocycles. The van der Waals surface area contributed by atoms with Gasteiger partial charge in [-0.25, -0.2) is 13.4 Å². The van der Waals surface area contributed by atoms with Crippen molar-refractivity contribution in [1.82, 2.24) is 24.6 Å². The minimum atomic E-state index is -3.25. The molecule has 1 aromatic carbocycles. The Labute approximate surface area is 204 Å². The molecule has 0 amide bonds. The number of aromatic nitrogens is 4. The fourth-order valence-electron chi connectivity index (χ4n) is 4.27. The number of ether oxygens (including phenoxy) is 1. The Bertz CT molecular complexity index is 1420. The molecule has 10 heteroatoms. The predicted molar refractivity (Wildman–Crippen MR) is 131 cm³/mol. The van der Waals surface area contributed by atoms with Crippen LogP contribution in [0.15, 0.2) is 58.2 Å². The van der Waals surface area contributed by atoms with Crippen molar-refractivity contribution >= 4 is 20.7 Å². The number of fused-ring (bicyclic) bond motifs is 1. The highest BCUT2D eigenvalue weighted by atomic mass is 32.2. The van der Waals surface area contributed by atoms with Gasteiger partial charge in [-0.15, -0.1) is 0 Å². The van der Waals surface area contributed by atoms with E-state index in [0.717, 1.165) is 54.2 Å². The van der Waals surface area contributed by atoms with Crippen molar-refractivity contribution in [3.05, 3.63) is 60.5 Å². The Hall–Kier alpha value is -3.24. The number of piperidine rings is 1. The predicted octanol–water partition coefficient (Wildman–Crippen LogP) is 3.98. The van der Waals surface area contributed by atoms with E-state index in [4.69, 9.17) is 9.26 Å². The molecule has 5 rings (SSSR count). The average molecular weight is 496 g/mol. The molecular formula is C25H29N5O4S. The highest BCUT2D eigenvalue weighted by Gasteiger charge is 2.23. The van der Waals surface area contributed by atoms with Gasteiger partial charge in [-0.1, -0.05) is 19.0 Å². The zero-order chi connectivity index (χ0) is 24.6. The van der Waals surface area contributed by atoms with E-state index in [1.165, 1.54) is 6.26 Å². The van der Waals surface area contributed by atoms with Crippen molar-refractivity contribution < 1.29 is 17.7 Å². The third-order valence-corrected chi connectivity index (χ3v) is 7.36. The van der Waals surface area contributed by atoms with Crippen LogP contribution >= 0.6 is 0 Å².